The highest BCUT2D eigenvalue weighted by atomic mass is 35.5. The Kier molecular flexibility index (Phi) is 6.40. The molecule has 0 radical (unpaired) electrons. The number of amides is 1. The smallest absolute Gasteiger partial charge is 0.223 e. The van der Waals surface area contributed by atoms with Gasteiger partial charge in [0.15, 0.2) is 0 Å². The minimum Gasteiger partial charge on any atom is -0.388 e. The number of carbonyl (C=O) groups excluding carboxylic acids is 1. The second kappa shape index (κ2) is 8.06. The van der Waals surface area contributed by atoms with Gasteiger partial charge in [-0.3, -0.25) is 4.79 Å². The summed E-state index contributed by atoms with van der Waals surface area (Å²) in [7, 11) is 0. The first-order valence-electron chi connectivity index (χ1n) is 7.43. The maximum atomic E-state index is 12.0. The van der Waals surface area contributed by atoms with Crippen LogP contribution in [0.15, 0.2) is 24.3 Å². The van der Waals surface area contributed by atoms with Gasteiger partial charge in [0, 0.05) is 16.3 Å². The van der Waals surface area contributed by atoms with E-state index >= 15 is 0 Å². The standard InChI is InChI=1S/C16H22ClNO2S/c1-2-21-14-8-7-13(9-14)18-16(20)10-15(19)11-3-5-12(17)6-4-11/h3-6,13-15,19H,2,7-10H2,1H3,(H,18,20). The molecular weight excluding hydrogens is 306 g/mol. The molecule has 3 unspecified atom stereocenters. The number of thioether (sulfide) groups is 1. The summed E-state index contributed by atoms with van der Waals surface area (Å²) in [5.41, 5.74) is 0.723. The second-order valence-electron chi connectivity index (χ2n) is 5.43. The molecule has 2 rings (SSSR count). The van der Waals surface area contributed by atoms with Gasteiger partial charge in [0.1, 0.15) is 0 Å². The predicted molar refractivity (Wildman–Crippen MR) is 88.7 cm³/mol. The third kappa shape index (κ3) is 5.20. The molecule has 1 saturated carbocycles. The van der Waals surface area contributed by atoms with Crippen molar-refractivity contribution in [3.63, 3.8) is 0 Å². The lowest BCUT2D eigenvalue weighted by molar-refractivity contribution is -0.123. The first-order valence-corrected chi connectivity index (χ1v) is 8.85. The summed E-state index contributed by atoms with van der Waals surface area (Å²) in [5, 5.41) is 14.4. The largest absolute Gasteiger partial charge is 0.388 e. The van der Waals surface area contributed by atoms with Crippen molar-refractivity contribution in [1.29, 1.82) is 0 Å². The molecule has 1 aliphatic carbocycles. The van der Waals surface area contributed by atoms with Crippen molar-refractivity contribution in [1.82, 2.24) is 5.32 Å². The average Bonchev–Trinajstić information content (AvgIpc) is 2.87. The molecule has 3 nitrogen and oxygen atoms in total. The van der Waals surface area contributed by atoms with Crippen molar-refractivity contribution in [3.8, 4) is 0 Å². The molecule has 1 aliphatic rings. The van der Waals surface area contributed by atoms with E-state index in [-0.39, 0.29) is 18.4 Å². The molecule has 1 fully saturated rings. The summed E-state index contributed by atoms with van der Waals surface area (Å²) >= 11 is 7.78. The van der Waals surface area contributed by atoms with Crippen molar-refractivity contribution in [2.75, 3.05) is 5.75 Å². The van der Waals surface area contributed by atoms with E-state index in [9.17, 15) is 9.90 Å². The van der Waals surface area contributed by atoms with E-state index < -0.39 is 6.10 Å². The van der Waals surface area contributed by atoms with E-state index in [2.05, 4.69) is 12.2 Å². The number of halogens is 1. The summed E-state index contributed by atoms with van der Waals surface area (Å²) in [6, 6.07) is 7.22. The zero-order valence-corrected chi connectivity index (χ0v) is 13.8. The summed E-state index contributed by atoms with van der Waals surface area (Å²) in [6.07, 6.45) is 2.58. The number of benzene rings is 1. The predicted octanol–water partition coefficient (Wildman–Crippen LogP) is 3.55. The third-order valence-corrected chi connectivity index (χ3v) is 5.27. The van der Waals surface area contributed by atoms with Crippen molar-refractivity contribution in [2.24, 2.45) is 0 Å². The molecular formula is C16H22ClNO2S. The van der Waals surface area contributed by atoms with Crippen LogP contribution in [-0.2, 0) is 4.79 Å². The second-order valence-corrected chi connectivity index (χ2v) is 7.44. The van der Waals surface area contributed by atoms with E-state index in [0.29, 0.717) is 10.3 Å². The Hall–Kier alpha value is -0.710. The van der Waals surface area contributed by atoms with Crippen molar-refractivity contribution >= 4 is 29.3 Å². The summed E-state index contributed by atoms with van der Waals surface area (Å²) in [4.78, 5) is 12.0. The number of aliphatic hydroxyl groups excluding tert-OH is 1. The zero-order chi connectivity index (χ0) is 15.2. The van der Waals surface area contributed by atoms with Gasteiger partial charge < -0.3 is 10.4 Å². The van der Waals surface area contributed by atoms with Gasteiger partial charge in [-0.05, 0) is 42.7 Å². The molecule has 2 N–H and O–H groups in total. The summed E-state index contributed by atoms with van der Waals surface area (Å²) in [5.74, 6) is 1.05. The first kappa shape index (κ1) is 16.7. The molecule has 0 aromatic heterocycles. The van der Waals surface area contributed by atoms with Gasteiger partial charge in [-0.1, -0.05) is 30.7 Å². The lowest BCUT2D eigenvalue weighted by atomic mass is 10.1. The molecule has 0 saturated heterocycles. The minimum atomic E-state index is -0.774. The van der Waals surface area contributed by atoms with Crippen LogP contribution in [0.25, 0.3) is 0 Å². The normalized spacial score (nSPS) is 23.0. The van der Waals surface area contributed by atoms with Crippen molar-refractivity contribution in [2.45, 2.75) is 50.0 Å². The van der Waals surface area contributed by atoms with Crippen molar-refractivity contribution in [3.05, 3.63) is 34.9 Å². The minimum absolute atomic E-state index is 0.0791. The highest BCUT2D eigenvalue weighted by Crippen LogP contribution is 2.30. The van der Waals surface area contributed by atoms with Gasteiger partial charge in [-0.15, -0.1) is 0 Å². The Bertz CT molecular complexity index is 466. The lowest BCUT2D eigenvalue weighted by Gasteiger charge is -2.15. The fourth-order valence-electron chi connectivity index (χ4n) is 2.72. The van der Waals surface area contributed by atoms with Crippen LogP contribution in [0.3, 0.4) is 0 Å². The Morgan fingerprint density at radius 3 is 2.81 bits per heavy atom. The molecule has 0 heterocycles. The van der Waals surface area contributed by atoms with Gasteiger partial charge >= 0.3 is 0 Å². The lowest BCUT2D eigenvalue weighted by Crippen LogP contribution is -2.34. The molecule has 1 aromatic rings. The van der Waals surface area contributed by atoms with E-state index in [1.165, 1.54) is 6.42 Å². The average molecular weight is 328 g/mol. The van der Waals surface area contributed by atoms with Gasteiger partial charge in [0.05, 0.1) is 12.5 Å². The number of carbonyl (C=O) groups is 1. The molecule has 0 bridgehead atoms. The molecule has 116 valence electrons. The van der Waals surface area contributed by atoms with Gasteiger partial charge in [0.25, 0.3) is 0 Å². The Balaban J connectivity index is 1.78. The molecule has 21 heavy (non-hydrogen) atoms. The Morgan fingerprint density at radius 2 is 2.14 bits per heavy atom. The third-order valence-electron chi connectivity index (χ3n) is 3.79. The van der Waals surface area contributed by atoms with E-state index in [0.717, 1.165) is 24.2 Å². The van der Waals surface area contributed by atoms with E-state index in [1.807, 2.05) is 11.8 Å². The molecule has 1 amide bonds. The van der Waals surface area contributed by atoms with Crippen LogP contribution in [0, 0.1) is 0 Å². The number of hydrogen-bond acceptors (Lipinski definition) is 3. The van der Waals surface area contributed by atoms with E-state index in [1.54, 1.807) is 24.3 Å². The SMILES string of the molecule is CCSC1CCC(NC(=O)CC(O)c2ccc(Cl)cc2)C1. The van der Waals surface area contributed by atoms with Gasteiger partial charge in [0.2, 0.25) is 5.91 Å². The fourth-order valence-corrected chi connectivity index (χ4v) is 3.99. The molecule has 0 aliphatic heterocycles. The van der Waals surface area contributed by atoms with E-state index in [4.69, 9.17) is 11.6 Å². The number of aliphatic hydroxyl groups is 1. The van der Waals surface area contributed by atoms with Crippen LogP contribution >= 0.6 is 23.4 Å². The summed E-state index contributed by atoms with van der Waals surface area (Å²) < 4.78 is 0. The molecule has 1 aromatic carbocycles. The first-order chi connectivity index (χ1) is 10.1. The monoisotopic (exact) mass is 327 g/mol. The van der Waals surface area contributed by atoms with Crippen LogP contribution < -0.4 is 5.32 Å². The highest BCUT2D eigenvalue weighted by molar-refractivity contribution is 7.99. The Morgan fingerprint density at radius 1 is 1.43 bits per heavy atom. The maximum Gasteiger partial charge on any atom is 0.223 e. The molecule has 5 heteroatoms. The fraction of sp³-hybridized carbons (Fsp3) is 0.562. The van der Waals surface area contributed by atoms with Crippen LogP contribution in [0.4, 0.5) is 0 Å². The van der Waals surface area contributed by atoms with Crippen molar-refractivity contribution < 1.29 is 9.90 Å². The zero-order valence-electron chi connectivity index (χ0n) is 12.2. The Labute approximate surface area is 135 Å². The number of nitrogens with one attached hydrogen (secondary N) is 1. The van der Waals surface area contributed by atoms with Crippen LogP contribution in [0.1, 0.15) is 44.3 Å². The topological polar surface area (TPSA) is 49.3 Å². The maximum absolute atomic E-state index is 12.0. The quantitative estimate of drug-likeness (QED) is 0.840. The van der Waals surface area contributed by atoms with Crippen LogP contribution in [-0.4, -0.2) is 28.1 Å². The summed E-state index contributed by atoms with van der Waals surface area (Å²) in [6.45, 7) is 2.17. The van der Waals surface area contributed by atoms with Crippen LogP contribution in [0.5, 0.6) is 0 Å². The highest BCUT2D eigenvalue weighted by Gasteiger charge is 2.26. The molecule has 3 atom stereocenters. The number of rotatable bonds is 6. The molecule has 0 spiro atoms. The van der Waals surface area contributed by atoms with Gasteiger partial charge in [-0.25, -0.2) is 0 Å². The van der Waals surface area contributed by atoms with Crippen LogP contribution in [0.2, 0.25) is 5.02 Å². The number of hydrogen-bond donors (Lipinski definition) is 2. The van der Waals surface area contributed by atoms with Gasteiger partial charge in [-0.2, -0.15) is 11.8 Å².